The summed E-state index contributed by atoms with van der Waals surface area (Å²) < 4.78 is 45.2. The number of hydrogen-bond donors (Lipinski definition) is 4. The third-order valence-corrected chi connectivity index (χ3v) is 15.4. The van der Waals surface area contributed by atoms with Crippen LogP contribution in [-0.4, -0.2) is 82.9 Å². The Morgan fingerprint density at radius 1 is 0.494 bits per heavy atom. The molecule has 25 nitrogen and oxygen atoms in total. The molecule has 0 fully saturated rings. The van der Waals surface area contributed by atoms with Crippen LogP contribution in [-0.2, 0) is 19.3 Å². The lowest BCUT2D eigenvalue weighted by Crippen LogP contribution is -2.19. The number of fused-ring (bicyclic) bond motifs is 6. The number of nitrogen functional groups attached to an aromatic ring is 1. The number of aryl methyl sites for hydroxylation is 3. The standard InChI is InChI=1S/C20H16FN7O2.C20H18FN7.C11H5ClFN5O2.C9H12N2/c21-12-6-7-18-23-9-16(27(18)11-12)19-24-10-17(28(29)30)20(26-19)25-15-5-1-4-14-13(15)3-2-8-22-14;21-12-6-7-18-24-10-17(28(18)11-12)20-25-9-14(22)19(27-20)26-16-5-1-4-15-13(16)3-2-8-23-15;12-10-7(18(19)20)3-15-11(16-10)8-4-14-9-2-1-6(13)5-17(8)9;10-8-4-1-5-9-7(8)3-2-6-11-9/h2-3,6-11,15H,1,4-5H2,(H,24,25,26);2-3,6-11,16H,1,4-5,22H2,(H,25,26,27);1-5H;2-3,6,8H,1,4-5,10H2. The molecule has 0 amide bonds. The minimum atomic E-state index is -0.680. The molecular formula is C60H51ClF3N21O4. The van der Waals surface area contributed by atoms with E-state index in [0.29, 0.717) is 51.4 Å². The molecule has 0 saturated heterocycles. The molecule has 89 heavy (non-hydrogen) atoms. The molecule has 448 valence electrons. The third-order valence-electron chi connectivity index (χ3n) is 15.1. The zero-order chi connectivity index (χ0) is 61.7. The van der Waals surface area contributed by atoms with Gasteiger partial charge in [0, 0.05) is 60.3 Å². The number of hydrogen-bond acceptors (Lipinski definition) is 20. The van der Waals surface area contributed by atoms with Gasteiger partial charge in [0.05, 0.1) is 52.4 Å². The van der Waals surface area contributed by atoms with E-state index in [-0.39, 0.29) is 52.2 Å². The van der Waals surface area contributed by atoms with Crippen LogP contribution in [0.4, 0.5) is 41.9 Å². The van der Waals surface area contributed by atoms with E-state index >= 15 is 0 Å². The van der Waals surface area contributed by atoms with Crippen LogP contribution in [0, 0.1) is 37.7 Å². The Morgan fingerprint density at radius 3 is 1.36 bits per heavy atom. The van der Waals surface area contributed by atoms with Gasteiger partial charge in [-0.15, -0.1) is 0 Å². The van der Waals surface area contributed by atoms with Gasteiger partial charge in [-0.3, -0.25) is 48.4 Å². The molecule has 3 aliphatic rings. The monoisotopic (exact) mass is 1220 g/mol. The lowest BCUT2D eigenvalue weighted by Gasteiger charge is -2.26. The lowest BCUT2D eigenvalue weighted by molar-refractivity contribution is -0.385. The fourth-order valence-corrected chi connectivity index (χ4v) is 11.0. The van der Waals surface area contributed by atoms with Crippen molar-refractivity contribution >= 4 is 57.2 Å². The van der Waals surface area contributed by atoms with E-state index in [0.717, 1.165) is 80.7 Å². The van der Waals surface area contributed by atoms with Crippen molar-refractivity contribution in [3.63, 3.8) is 0 Å². The summed E-state index contributed by atoms with van der Waals surface area (Å²) in [6.07, 6.45) is 26.6. The molecular weight excluding hydrogens is 1170 g/mol. The first-order valence-corrected chi connectivity index (χ1v) is 28.4. The Hall–Kier alpha value is -11.0. The average Bonchev–Trinajstić information content (AvgIpc) is 3.56. The van der Waals surface area contributed by atoms with E-state index in [1.165, 1.54) is 93.4 Å². The van der Waals surface area contributed by atoms with Gasteiger partial charge in [-0.1, -0.05) is 29.8 Å². The number of nitrogens with zero attached hydrogens (tertiary/aromatic N) is 17. The minimum Gasteiger partial charge on any atom is -0.394 e. The van der Waals surface area contributed by atoms with E-state index in [4.69, 9.17) is 23.1 Å². The Kier molecular flexibility index (Phi) is 16.7. The van der Waals surface area contributed by atoms with Crippen LogP contribution in [0.2, 0.25) is 5.15 Å². The SMILES string of the molecule is NC1CCCc2ncccc21.Nc1cnc(-c2cnc3ccc(F)cn23)nc1NC1CCCc2ncccc21.O=[N+]([O-])c1cnc(-c2cnc3ccc(F)cn23)nc1Cl.O=[N+]([O-])c1cnc(-c2cnc3ccc(F)cn23)nc1NC1CCCc2ncccc21. The maximum Gasteiger partial charge on any atom is 0.329 e. The fourth-order valence-electron chi connectivity index (χ4n) is 10.8. The lowest BCUT2D eigenvalue weighted by atomic mass is 9.91. The number of nitrogens with one attached hydrogen (secondary N) is 2. The molecule has 0 saturated carbocycles. The average molecular weight is 1220 g/mol. The van der Waals surface area contributed by atoms with Crippen molar-refractivity contribution in [2.45, 2.75) is 75.9 Å². The highest BCUT2D eigenvalue weighted by Crippen LogP contribution is 2.36. The molecule has 0 aromatic carbocycles. The van der Waals surface area contributed by atoms with Crippen molar-refractivity contribution in [2.75, 3.05) is 16.4 Å². The normalized spacial score (nSPS) is 15.6. The largest absolute Gasteiger partial charge is 0.394 e. The molecule has 3 aliphatic carbocycles. The van der Waals surface area contributed by atoms with E-state index in [2.05, 4.69) is 82.6 Å². The van der Waals surface area contributed by atoms with Gasteiger partial charge in [-0.2, -0.15) is 0 Å². The minimum absolute atomic E-state index is 0.0853. The van der Waals surface area contributed by atoms with Gasteiger partial charge >= 0.3 is 11.4 Å². The molecule has 12 heterocycles. The zero-order valence-corrected chi connectivity index (χ0v) is 47.6. The highest BCUT2D eigenvalue weighted by Gasteiger charge is 2.28. The summed E-state index contributed by atoms with van der Waals surface area (Å²) >= 11 is 5.73. The van der Waals surface area contributed by atoms with Gasteiger partial charge in [-0.25, -0.2) is 58.0 Å². The van der Waals surface area contributed by atoms with Gasteiger partial charge in [0.2, 0.25) is 11.0 Å². The Balaban J connectivity index is 0.000000121. The van der Waals surface area contributed by atoms with Crippen molar-refractivity contribution in [3.05, 3.63) is 224 Å². The second-order valence-corrected chi connectivity index (χ2v) is 21.1. The number of anilines is 3. The smallest absolute Gasteiger partial charge is 0.329 e. The Bertz CT molecular complexity index is 4630. The Morgan fingerprint density at radius 2 is 0.899 bits per heavy atom. The first-order chi connectivity index (χ1) is 43.2. The van der Waals surface area contributed by atoms with Crippen molar-refractivity contribution in [1.29, 1.82) is 0 Å². The fraction of sp³-hybridized carbons (Fsp3) is 0.200. The van der Waals surface area contributed by atoms with Gasteiger partial charge in [0.25, 0.3) is 0 Å². The number of imidazole rings is 3. The number of rotatable bonds is 9. The zero-order valence-electron chi connectivity index (χ0n) is 46.9. The van der Waals surface area contributed by atoms with Crippen LogP contribution in [0.5, 0.6) is 0 Å². The molecule has 3 atom stereocenters. The summed E-state index contributed by atoms with van der Waals surface area (Å²) in [7, 11) is 0. The van der Waals surface area contributed by atoms with Crippen molar-refractivity contribution < 1.29 is 23.0 Å². The summed E-state index contributed by atoms with van der Waals surface area (Å²) in [5.74, 6) is 0.181. The maximum atomic E-state index is 13.7. The number of pyridine rings is 6. The van der Waals surface area contributed by atoms with Crippen LogP contribution in [0.3, 0.4) is 0 Å². The maximum absolute atomic E-state index is 13.7. The molecule has 3 unspecified atom stereocenters. The molecule has 0 aliphatic heterocycles. The van der Waals surface area contributed by atoms with E-state index in [9.17, 15) is 33.4 Å². The van der Waals surface area contributed by atoms with Gasteiger partial charge in [0.1, 0.15) is 63.9 Å². The highest BCUT2D eigenvalue weighted by molar-refractivity contribution is 6.31. The van der Waals surface area contributed by atoms with Crippen LogP contribution >= 0.6 is 11.6 Å². The van der Waals surface area contributed by atoms with Gasteiger partial charge in [0.15, 0.2) is 23.3 Å². The third kappa shape index (κ3) is 12.7. The van der Waals surface area contributed by atoms with Crippen LogP contribution in [0.1, 0.15) is 90.4 Å². The summed E-state index contributed by atoms with van der Waals surface area (Å²) in [6.45, 7) is 0. The quantitative estimate of drug-likeness (QED) is 0.0592. The molecule has 12 aromatic rings. The van der Waals surface area contributed by atoms with Crippen LogP contribution < -0.4 is 22.1 Å². The topological polar surface area (TPSA) is 330 Å². The number of aromatic nitrogens is 15. The number of halogens is 4. The molecule has 15 rings (SSSR count). The van der Waals surface area contributed by atoms with E-state index in [1.807, 2.05) is 36.7 Å². The molecule has 0 radical (unpaired) electrons. The van der Waals surface area contributed by atoms with Gasteiger partial charge < -0.3 is 22.1 Å². The van der Waals surface area contributed by atoms with Gasteiger partial charge in [-0.05, 0) is 129 Å². The molecule has 0 spiro atoms. The summed E-state index contributed by atoms with van der Waals surface area (Å²) in [5, 5.41) is 28.6. The summed E-state index contributed by atoms with van der Waals surface area (Å²) in [6, 6.07) is 20.7. The predicted octanol–water partition coefficient (Wildman–Crippen LogP) is 11.0. The predicted molar refractivity (Wildman–Crippen MR) is 322 cm³/mol. The van der Waals surface area contributed by atoms with Crippen molar-refractivity contribution in [1.82, 2.24) is 73.0 Å². The second kappa shape index (κ2) is 25.5. The highest BCUT2D eigenvalue weighted by atomic mass is 35.5. The second-order valence-electron chi connectivity index (χ2n) is 20.8. The molecule has 12 aromatic heterocycles. The number of nitro groups is 2. The molecule has 29 heteroatoms. The number of nitrogens with two attached hydrogens (primary N) is 2. The van der Waals surface area contributed by atoms with Crippen molar-refractivity contribution in [3.8, 4) is 34.6 Å². The van der Waals surface area contributed by atoms with Crippen LogP contribution in [0.25, 0.3) is 51.5 Å². The first-order valence-electron chi connectivity index (χ1n) is 28.0. The molecule has 6 N–H and O–H groups in total. The Labute approximate surface area is 507 Å². The van der Waals surface area contributed by atoms with E-state index in [1.54, 1.807) is 29.1 Å². The molecule has 0 bridgehead atoms. The first kappa shape index (κ1) is 58.4. The summed E-state index contributed by atoms with van der Waals surface area (Å²) in [4.78, 5) is 72.0. The van der Waals surface area contributed by atoms with Crippen molar-refractivity contribution in [2.24, 2.45) is 5.73 Å². The van der Waals surface area contributed by atoms with Crippen LogP contribution in [0.15, 0.2) is 147 Å². The summed E-state index contributed by atoms with van der Waals surface area (Å²) in [5.41, 5.74) is 21.7. The van der Waals surface area contributed by atoms with E-state index < -0.39 is 27.2 Å².